The molecule has 0 spiro atoms. The molecule has 1 fully saturated rings. The molecule has 3 atom stereocenters. The van der Waals surface area contributed by atoms with Gasteiger partial charge in [0.25, 0.3) is 0 Å². The molecule has 0 saturated carbocycles. The number of furan rings is 1. The van der Waals surface area contributed by atoms with Gasteiger partial charge in [-0.1, -0.05) is 0 Å². The minimum absolute atomic E-state index is 0.0772. The maximum absolute atomic E-state index is 12.7. The minimum atomic E-state index is 0.0772. The number of hydrogen-bond acceptors (Lipinski definition) is 5. The molecule has 0 amide bonds. The van der Waals surface area contributed by atoms with Crippen LogP contribution in [0.1, 0.15) is 73.0 Å². The lowest BCUT2D eigenvalue weighted by atomic mass is 9.84. The summed E-state index contributed by atoms with van der Waals surface area (Å²) in [6.07, 6.45) is 6.46. The van der Waals surface area contributed by atoms with Crippen molar-refractivity contribution < 1.29 is 9.21 Å². The molecule has 0 aromatic carbocycles. The van der Waals surface area contributed by atoms with E-state index in [0.29, 0.717) is 18.5 Å². The van der Waals surface area contributed by atoms with E-state index in [2.05, 4.69) is 18.7 Å². The van der Waals surface area contributed by atoms with Gasteiger partial charge in [-0.15, -0.1) is 0 Å². The van der Waals surface area contributed by atoms with Gasteiger partial charge in [0.05, 0.1) is 23.2 Å². The number of hydrogen-bond donors (Lipinski definition) is 0. The SMILES string of the molecule is Cc1nc(N2[C@H](C)CCC[C@@H]2C)nc2c1C(=O)C[C@@H](c1ccco1)C2. The molecule has 3 heterocycles. The second kappa shape index (κ2) is 6.28. The van der Waals surface area contributed by atoms with Crippen LogP contribution in [0.3, 0.4) is 0 Å². The van der Waals surface area contributed by atoms with Crippen LogP contribution in [0.4, 0.5) is 5.95 Å². The molecule has 5 nitrogen and oxygen atoms in total. The van der Waals surface area contributed by atoms with Crippen molar-refractivity contribution in [1.29, 1.82) is 0 Å². The van der Waals surface area contributed by atoms with Crippen LogP contribution in [-0.2, 0) is 6.42 Å². The first-order valence-corrected chi connectivity index (χ1v) is 9.27. The average Bonchev–Trinajstić information content (AvgIpc) is 3.08. The number of rotatable bonds is 2. The van der Waals surface area contributed by atoms with Crippen molar-refractivity contribution in [3.63, 3.8) is 0 Å². The molecule has 0 N–H and O–H groups in total. The number of anilines is 1. The van der Waals surface area contributed by atoms with Crippen molar-refractivity contribution >= 4 is 11.7 Å². The summed E-state index contributed by atoms with van der Waals surface area (Å²) in [5, 5.41) is 0. The van der Waals surface area contributed by atoms with Crippen molar-refractivity contribution in [2.75, 3.05) is 4.90 Å². The summed E-state index contributed by atoms with van der Waals surface area (Å²) in [5.74, 6) is 1.86. The van der Waals surface area contributed by atoms with Crippen molar-refractivity contribution in [1.82, 2.24) is 9.97 Å². The molecular formula is C20H25N3O2. The Morgan fingerprint density at radius 3 is 2.60 bits per heavy atom. The topological polar surface area (TPSA) is 59.2 Å². The fourth-order valence-electron chi connectivity index (χ4n) is 4.41. The summed E-state index contributed by atoms with van der Waals surface area (Å²) in [6, 6.07) is 4.69. The first-order valence-electron chi connectivity index (χ1n) is 9.27. The van der Waals surface area contributed by atoms with Crippen LogP contribution in [0.5, 0.6) is 0 Å². The van der Waals surface area contributed by atoms with Crippen molar-refractivity contribution in [3.05, 3.63) is 41.1 Å². The van der Waals surface area contributed by atoms with Crippen LogP contribution in [0.25, 0.3) is 0 Å². The van der Waals surface area contributed by atoms with Gasteiger partial charge in [-0.25, -0.2) is 9.97 Å². The predicted molar refractivity (Wildman–Crippen MR) is 96.1 cm³/mol. The Bertz CT molecular complexity index is 774. The predicted octanol–water partition coefficient (Wildman–Crippen LogP) is 4.06. The third kappa shape index (κ3) is 2.86. The van der Waals surface area contributed by atoms with Gasteiger partial charge in [-0.2, -0.15) is 0 Å². The third-order valence-electron chi connectivity index (χ3n) is 5.67. The van der Waals surface area contributed by atoms with E-state index in [0.717, 1.165) is 47.9 Å². The van der Waals surface area contributed by atoms with E-state index in [9.17, 15) is 4.79 Å². The molecule has 0 bridgehead atoms. The van der Waals surface area contributed by atoms with Gasteiger partial charge in [0.15, 0.2) is 5.78 Å². The second-order valence-electron chi connectivity index (χ2n) is 7.51. The smallest absolute Gasteiger partial charge is 0.226 e. The van der Waals surface area contributed by atoms with E-state index in [-0.39, 0.29) is 11.7 Å². The van der Waals surface area contributed by atoms with Crippen LogP contribution in [-0.4, -0.2) is 27.8 Å². The van der Waals surface area contributed by atoms with Crippen LogP contribution < -0.4 is 4.90 Å². The average molecular weight is 339 g/mol. The molecule has 4 rings (SSSR count). The summed E-state index contributed by atoms with van der Waals surface area (Å²) >= 11 is 0. The third-order valence-corrected chi connectivity index (χ3v) is 5.67. The molecule has 2 aromatic heterocycles. The monoisotopic (exact) mass is 339 g/mol. The molecule has 2 aliphatic rings. The lowest BCUT2D eigenvalue weighted by Crippen LogP contribution is -2.45. The van der Waals surface area contributed by atoms with Gasteiger partial charge in [-0.05, 0) is 52.2 Å². The summed E-state index contributed by atoms with van der Waals surface area (Å²) < 4.78 is 5.54. The van der Waals surface area contributed by atoms with Gasteiger partial charge < -0.3 is 9.32 Å². The largest absolute Gasteiger partial charge is 0.469 e. The summed E-state index contributed by atoms with van der Waals surface area (Å²) in [7, 11) is 0. The summed E-state index contributed by atoms with van der Waals surface area (Å²) in [6.45, 7) is 6.42. The van der Waals surface area contributed by atoms with E-state index in [1.807, 2.05) is 19.1 Å². The highest BCUT2D eigenvalue weighted by Crippen LogP contribution is 2.35. The van der Waals surface area contributed by atoms with E-state index >= 15 is 0 Å². The number of carbonyl (C=O) groups is 1. The number of aryl methyl sites for hydroxylation is 1. The van der Waals surface area contributed by atoms with Gasteiger partial charge in [0.2, 0.25) is 5.95 Å². The normalized spacial score (nSPS) is 26.6. The summed E-state index contributed by atoms with van der Waals surface area (Å²) in [4.78, 5) is 24.6. The Kier molecular flexibility index (Phi) is 4.10. The highest BCUT2D eigenvalue weighted by molar-refractivity contribution is 5.99. The van der Waals surface area contributed by atoms with Crippen LogP contribution in [0.15, 0.2) is 22.8 Å². The Morgan fingerprint density at radius 1 is 1.16 bits per heavy atom. The molecule has 5 heteroatoms. The van der Waals surface area contributed by atoms with Gasteiger partial charge >= 0.3 is 0 Å². The Morgan fingerprint density at radius 2 is 1.92 bits per heavy atom. The molecule has 132 valence electrons. The molecule has 25 heavy (non-hydrogen) atoms. The maximum atomic E-state index is 12.7. The van der Waals surface area contributed by atoms with E-state index in [1.54, 1.807) is 6.26 Å². The Hall–Kier alpha value is -2.17. The number of Topliss-reactive ketones (excluding diaryl/α,β-unsaturated/α-hetero) is 1. The van der Waals surface area contributed by atoms with Gasteiger partial charge in [0.1, 0.15) is 5.76 Å². The van der Waals surface area contributed by atoms with E-state index in [1.165, 1.54) is 6.42 Å². The maximum Gasteiger partial charge on any atom is 0.226 e. The number of carbonyl (C=O) groups excluding carboxylic acids is 1. The number of fused-ring (bicyclic) bond motifs is 1. The highest BCUT2D eigenvalue weighted by atomic mass is 16.3. The van der Waals surface area contributed by atoms with Crippen molar-refractivity contribution in [3.8, 4) is 0 Å². The lowest BCUT2D eigenvalue weighted by Gasteiger charge is -2.39. The molecule has 2 aromatic rings. The number of piperidine rings is 1. The van der Waals surface area contributed by atoms with Gasteiger partial charge in [-0.3, -0.25) is 4.79 Å². The Labute approximate surface area is 148 Å². The standard InChI is InChI=1S/C20H25N3O2/c1-12-6-4-7-13(2)23(12)20-21-14(3)19-16(22-20)10-15(11-17(19)24)18-8-5-9-25-18/h5,8-9,12-13,15H,4,6-7,10-11H2,1-3H3/t12-,13+,15-/m0/s1. The first kappa shape index (κ1) is 16.3. The molecular weight excluding hydrogens is 314 g/mol. The second-order valence-corrected chi connectivity index (χ2v) is 7.51. The zero-order chi connectivity index (χ0) is 17.6. The van der Waals surface area contributed by atoms with Crippen molar-refractivity contribution in [2.24, 2.45) is 0 Å². The molecule has 0 unspecified atom stereocenters. The van der Waals surface area contributed by atoms with E-state index in [4.69, 9.17) is 14.4 Å². The van der Waals surface area contributed by atoms with Gasteiger partial charge in [0, 0.05) is 30.8 Å². The first-order chi connectivity index (χ1) is 12.0. The van der Waals surface area contributed by atoms with Crippen LogP contribution >= 0.6 is 0 Å². The molecule has 1 aliphatic heterocycles. The zero-order valence-electron chi connectivity index (χ0n) is 15.2. The zero-order valence-corrected chi connectivity index (χ0v) is 15.2. The van der Waals surface area contributed by atoms with Crippen molar-refractivity contribution in [2.45, 2.75) is 70.9 Å². The van der Waals surface area contributed by atoms with E-state index < -0.39 is 0 Å². The fraction of sp³-hybridized carbons (Fsp3) is 0.550. The number of nitrogens with zero attached hydrogens (tertiary/aromatic N) is 3. The Balaban J connectivity index is 1.73. The lowest BCUT2D eigenvalue weighted by molar-refractivity contribution is 0.0958. The number of aromatic nitrogens is 2. The quantitative estimate of drug-likeness (QED) is 0.826. The highest BCUT2D eigenvalue weighted by Gasteiger charge is 2.33. The molecule has 1 aliphatic carbocycles. The minimum Gasteiger partial charge on any atom is -0.469 e. The van der Waals surface area contributed by atoms with Crippen LogP contribution in [0, 0.1) is 6.92 Å². The van der Waals surface area contributed by atoms with Crippen LogP contribution in [0.2, 0.25) is 0 Å². The summed E-state index contributed by atoms with van der Waals surface area (Å²) in [5.41, 5.74) is 2.42. The fourth-order valence-corrected chi connectivity index (χ4v) is 4.41. The molecule has 1 saturated heterocycles. The molecule has 0 radical (unpaired) electrons. The number of ketones is 1.